The van der Waals surface area contributed by atoms with Crippen molar-refractivity contribution in [3.05, 3.63) is 28.7 Å². The number of likely N-dealkylation sites (N-methyl/N-ethyl adjacent to an activating group) is 1. The first kappa shape index (κ1) is 16.4. The summed E-state index contributed by atoms with van der Waals surface area (Å²) in [5.41, 5.74) is 0.794. The molecule has 22 heavy (non-hydrogen) atoms. The Labute approximate surface area is 134 Å². The molecule has 0 N–H and O–H groups in total. The number of methoxy groups -OCH3 is 1. The predicted octanol–water partition coefficient (Wildman–Crippen LogP) is 3.54. The number of hydrogen-bond acceptors (Lipinski definition) is 5. The Balaban J connectivity index is 2.25. The zero-order valence-electron chi connectivity index (χ0n) is 12.9. The fraction of sp³-hybridized carbons (Fsp3) is 0.375. The van der Waals surface area contributed by atoms with Gasteiger partial charge in [-0.1, -0.05) is 13.0 Å². The fourth-order valence-corrected chi connectivity index (χ4v) is 2.93. The largest absolute Gasteiger partial charge is 0.493 e. The van der Waals surface area contributed by atoms with Crippen molar-refractivity contribution in [1.29, 1.82) is 0 Å². The number of ether oxygens (including phenoxy) is 2. The monoisotopic (exact) mass is 321 g/mol. The molecule has 0 radical (unpaired) electrons. The van der Waals surface area contributed by atoms with Crippen molar-refractivity contribution < 1.29 is 19.1 Å². The number of rotatable bonds is 6. The standard InChI is InChI=1S/C16H19NO4S/c1-4-8-21-12-7-6-11(9-13(12)20-3)10-14-15(18)17(5-2)16(19)22-14/h6-7,9-10H,4-5,8H2,1-3H3/b14-10-. The van der Waals surface area contributed by atoms with Crippen LogP contribution in [0.25, 0.3) is 6.08 Å². The van der Waals surface area contributed by atoms with Crippen LogP contribution >= 0.6 is 11.8 Å². The van der Waals surface area contributed by atoms with Crippen molar-refractivity contribution in [2.75, 3.05) is 20.3 Å². The van der Waals surface area contributed by atoms with E-state index in [1.807, 2.05) is 19.1 Å². The van der Waals surface area contributed by atoms with Gasteiger partial charge in [0, 0.05) is 6.54 Å². The maximum Gasteiger partial charge on any atom is 0.293 e. The van der Waals surface area contributed by atoms with E-state index in [1.165, 1.54) is 4.90 Å². The van der Waals surface area contributed by atoms with E-state index in [9.17, 15) is 9.59 Å². The number of carbonyl (C=O) groups excluding carboxylic acids is 2. The molecule has 0 bridgehead atoms. The second-order valence-electron chi connectivity index (χ2n) is 4.68. The van der Waals surface area contributed by atoms with Crippen LogP contribution in [-0.2, 0) is 4.79 Å². The highest BCUT2D eigenvalue weighted by molar-refractivity contribution is 8.18. The zero-order chi connectivity index (χ0) is 16.1. The summed E-state index contributed by atoms with van der Waals surface area (Å²) in [5.74, 6) is 1.03. The van der Waals surface area contributed by atoms with E-state index in [4.69, 9.17) is 9.47 Å². The Bertz CT molecular complexity index is 612. The van der Waals surface area contributed by atoms with Gasteiger partial charge < -0.3 is 9.47 Å². The molecule has 0 aliphatic carbocycles. The lowest BCUT2D eigenvalue weighted by Crippen LogP contribution is -2.27. The van der Waals surface area contributed by atoms with Crippen molar-refractivity contribution in [1.82, 2.24) is 4.90 Å². The molecular weight excluding hydrogens is 302 g/mol. The predicted molar refractivity (Wildman–Crippen MR) is 87.1 cm³/mol. The second kappa shape index (κ2) is 7.35. The van der Waals surface area contributed by atoms with Gasteiger partial charge in [-0.25, -0.2) is 0 Å². The summed E-state index contributed by atoms with van der Waals surface area (Å²) in [6.07, 6.45) is 2.61. The van der Waals surface area contributed by atoms with Crippen LogP contribution in [0.1, 0.15) is 25.8 Å². The number of benzene rings is 1. The summed E-state index contributed by atoms with van der Waals surface area (Å²) in [4.78, 5) is 25.4. The Morgan fingerprint density at radius 1 is 1.23 bits per heavy atom. The van der Waals surface area contributed by atoms with Gasteiger partial charge in [-0.3, -0.25) is 14.5 Å². The molecule has 118 valence electrons. The lowest BCUT2D eigenvalue weighted by molar-refractivity contribution is -0.122. The molecule has 1 aliphatic heterocycles. The van der Waals surface area contributed by atoms with Crippen molar-refractivity contribution in [2.24, 2.45) is 0 Å². The summed E-state index contributed by atoms with van der Waals surface area (Å²) < 4.78 is 10.9. The molecule has 0 saturated carbocycles. The van der Waals surface area contributed by atoms with E-state index in [0.29, 0.717) is 29.6 Å². The fourth-order valence-electron chi connectivity index (χ4n) is 2.03. The molecule has 6 heteroatoms. The van der Waals surface area contributed by atoms with Gasteiger partial charge in [0.15, 0.2) is 11.5 Å². The summed E-state index contributed by atoms with van der Waals surface area (Å²) in [7, 11) is 1.57. The van der Waals surface area contributed by atoms with E-state index < -0.39 is 0 Å². The topological polar surface area (TPSA) is 55.8 Å². The summed E-state index contributed by atoms with van der Waals surface area (Å²) in [6.45, 7) is 4.81. The number of carbonyl (C=O) groups is 2. The minimum Gasteiger partial charge on any atom is -0.493 e. The van der Waals surface area contributed by atoms with Crippen molar-refractivity contribution in [2.45, 2.75) is 20.3 Å². The Kier molecular flexibility index (Phi) is 5.49. The van der Waals surface area contributed by atoms with Gasteiger partial charge in [-0.05, 0) is 48.9 Å². The third-order valence-corrected chi connectivity index (χ3v) is 4.04. The molecule has 5 nitrogen and oxygen atoms in total. The number of thioether (sulfide) groups is 1. The highest BCUT2D eigenvalue weighted by atomic mass is 32.2. The van der Waals surface area contributed by atoms with Crippen LogP contribution in [0.2, 0.25) is 0 Å². The number of imide groups is 1. The summed E-state index contributed by atoms with van der Waals surface area (Å²) in [6, 6.07) is 5.45. The lowest BCUT2D eigenvalue weighted by Gasteiger charge is -2.10. The SMILES string of the molecule is CCCOc1ccc(/C=C2\SC(=O)N(CC)C2=O)cc1OC. The minimum absolute atomic E-state index is 0.228. The van der Waals surface area contributed by atoms with Crippen LogP contribution < -0.4 is 9.47 Å². The van der Waals surface area contributed by atoms with Crippen molar-refractivity contribution >= 4 is 29.0 Å². The van der Waals surface area contributed by atoms with Crippen LogP contribution in [0.5, 0.6) is 11.5 Å². The molecule has 0 atom stereocenters. The molecule has 1 heterocycles. The average Bonchev–Trinajstić information content (AvgIpc) is 2.79. The van der Waals surface area contributed by atoms with Crippen LogP contribution in [0.4, 0.5) is 4.79 Å². The van der Waals surface area contributed by atoms with Gasteiger partial charge in [0.05, 0.1) is 18.6 Å². The normalized spacial score (nSPS) is 16.5. The molecule has 1 aromatic rings. The molecule has 0 aromatic heterocycles. The molecule has 2 amide bonds. The Hall–Kier alpha value is -1.95. The lowest BCUT2D eigenvalue weighted by atomic mass is 10.2. The number of nitrogens with zero attached hydrogens (tertiary/aromatic N) is 1. The van der Waals surface area contributed by atoms with E-state index in [0.717, 1.165) is 23.7 Å². The highest BCUT2D eigenvalue weighted by Crippen LogP contribution is 2.34. The van der Waals surface area contributed by atoms with Crippen molar-refractivity contribution in [3.63, 3.8) is 0 Å². The average molecular weight is 321 g/mol. The van der Waals surface area contributed by atoms with E-state index in [1.54, 1.807) is 26.2 Å². The number of hydrogen-bond donors (Lipinski definition) is 0. The van der Waals surface area contributed by atoms with Gasteiger partial charge in [0.2, 0.25) is 0 Å². The maximum absolute atomic E-state index is 12.1. The molecule has 1 aliphatic rings. The zero-order valence-corrected chi connectivity index (χ0v) is 13.7. The van der Waals surface area contributed by atoms with Crippen LogP contribution in [0.15, 0.2) is 23.1 Å². The third kappa shape index (κ3) is 3.44. The van der Waals surface area contributed by atoms with Gasteiger partial charge in [0.25, 0.3) is 11.1 Å². The molecule has 0 unspecified atom stereocenters. The smallest absolute Gasteiger partial charge is 0.293 e. The molecule has 0 spiro atoms. The molecular formula is C16H19NO4S. The van der Waals surface area contributed by atoms with E-state index >= 15 is 0 Å². The minimum atomic E-state index is -0.247. The van der Waals surface area contributed by atoms with Gasteiger partial charge >= 0.3 is 0 Å². The Morgan fingerprint density at radius 3 is 2.59 bits per heavy atom. The van der Waals surface area contributed by atoms with E-state index in [2.05, 4.69) is 0 Å². The molecule has 1 aromatic carbocycles. The van der Waals surface area contributed by atoms with Gasteiger partial charge in [0.1, 0.15) is 0 Å². The highest BCUT2D eigenvalue weighted by Gasteiger charge is 2.33. The maximum atomic E-state index is 12.1. The Morgan fingerprint density at radius 2 is 2.00 bits per heavy atom. The van der Waals surface area contributed by atoms with E-state index in [-0.39, 0.29) is 11.1 Å². The first-order chi connectivity index (χ1) is 10.6. The third-order valence-electron chi connectivity index (χ3n) is 3.14. The first-order valence-corrected chi connectivity index (χ1v) is 7.98. The van der Waals surface area contributed by atoms with Crippen LogP contribution in [0, 0.1) is 0 Å². The quantitative estimate of drug-likeness (QED) is 0.750. The first-order valence-electron chi connectivity index (χ1n) is 7.16. The molecule has 1 fully saturated rings. The van der Waals surface area contributed by atoms with Crippen LogP contribution in [0.3, 0.4) is 0 Å². The molecule has 2 rings (SSSR count). The van der Waals surface area contributed by atoms with Gasteiger partial charge in [-0.15, -0.1) is 0 Å². The summed E-state index contributed by atoms with van der Waals surface area (Å²) in [5, 5.41) is -0.228. The van der Waals surface area contributed by atoms with Crippen molar-refractivity contribution in [3.8, 4) is 11.5 Å². The van der Waals surface area contributed by atoms with Gasteiger partial charge in [-0.2, -0.15) is 0 Å². The second-order valence-corrected chi connectivity index (χ2v) is 5.68. The molecule has 1 saturated heterocycles. The van der Waals surface area contributed by atoms with Crippen LogP contribution in [-0.4, -0.2) is 36.3 Å². The summed E-state index contributed by atoms with van der Waals surface area (Å²) >= 11 is 0.959. The number of amides is 2.